The number of benzene rings is 2. The number of rotatable bonds is 6. The largest absolute Gasteiger partial charge is 0.497 e. The van der Waals surface area contributed by atoms with E-state index >= 15 is 0 Å². The average molecular weight is 352 g/mol. The van der Waals surface area contributed by atoms with E-state index in [0.29, 0.717) is 17.9 Å². The van der Waals surface area contributed by atoms with Crippen LogP contribution in [0.25, 0.3) is 11.0 Å². The first kappa shape index (κ1) is 18.0. The van der Waals surface area contributed by atoms with Crippen LogP contribution < -0.4 is 10.1 Å². The number of aryl methyl sites for hydroxylation is 1. The van der Waals surface area contributed by atoms with Crippen molar-refractivity contribution in [1.82, 2.24) is 10.2 Å². The molecule has 0 saturated carbocycles. The number of carbonyl (C=O) groups excluding carboxylic acids is 1. The third-order valence-electron chi connectivity index (χ3n) is 4.39. The van der Waals surface area contributed by atoms with Crippen molar-refractivity contribution in [2.45, 2.75) is 20.0 Å². The predicted octanol–water partition coefficient (Wildman–Crippen LogP) is 3.74. The average Bonchev–Trinajstić information content (AvgIpc) is 2.96. The molecule has 0 bridgehead atoms. The highest BCUT2D eigenvalue weighted by Crippen LogP contribution is 2.28. The van der Waals surface area contributed by atoms with E-state index in [1.807, 2.05) is 57.4 Å². The maximum absolute atomic E-state index is 12.6. The molecule has 0 unspecified atom stereocenters. The highest BCUT2D eigenvalue weighted by Gasteiger charge is 2.18. The first-order valence-corrected chi connectivity index (χ1v) is 8.56. The van der Waals surface area contributed by atoms with E-state index in [1.165, 1.54) is 5.56 Å². The molecule has 0 spiro atoms. The van der Waals surface area contributed by atoms with E-state index in [9.17, 15) is 4.79 Å². The lowest BCUT2D eigenvalue weighted by molar-refractivity contribution is 0.0924. The van der Waals surface area contributed by atoms with Crippen LogP contribution >= 0.6 is 0 Å². The Morgan fingerprint density at radius 1 is 1.15 bits per heavy atom. The zero-order valence-corrected chi connectivity index (χ0v) is 15.6. The van der Waals surface area contributed by atoms with Crippen molar-refractivity contribution in [3.63, 3.8) is 0 Å². The van der Waals surface area contributed by atoms with Gasteiger partial charge < -0.3 is 19.4 Å². The van der Waals surface area contributed by atoms with Gasteiger partial charge in [0.2, 0.25) is 0 Å². The molecule has 26 heavy (non-hydrogen) atoms. The summed E-state index contributed by atoms with van der Waals surface area (Å²) < 4.78 is 11.0. The maximum atomic E-state index is 12.6. The molecule has 0 aliphatic heterocycles. The SMILES string of the molecule is COc1ccc2oc(C(=O)NCc3ccccc3CN(C)C)c(C)c2c1. The quantitative estimate of drug-likeness (QED) is 0.734. The van der Waals surface area contributed by atoms with Gasteiger partial charge in [-0.2, -0.15) is 0 Å². The molecule has 2 aromatic carbocycles. The zero-order valence-electron chi connectivity index (χ0n) is 15.6. The Bertz CT molecular complexity index is 928. The Balaban J connectivity index is 1.79. The zero-order chi connectivity index (χ0) is 18.7. The molecule has 3 rings (SSSR count). The molecule has 1 N–H and O–H groups in total. The molecule has 0 radical (unpaired) electrons. The van der Waals surface area contributed by atoms with Crippen LogP contribution in [-0.4, -0.2) is 32.0 Å². The minimum Gasteiger partial charge on any atom is -0.497 e. The lowest BCUT2D eigenvalue weighted by Gasteiger charge is -2.14. The van der Waals surface area contributed by atoms with Gasteiger partial charge in [0.05, 0.1) is 7.11 Å². The molecule has 1 amide bonds. The second-order valence-electron chi connectivity index (χ2n) is 6.61. The van der Waals surface area contributed by atoms with Gasteiger partial charge in [-0.05, 0) is 50.3 Å². The number of nitrogens with zero attached hydrogens (tertiary/aromatic N) is 1. The van der Waals surface area contributed by atoms with Crippen LogP contribution in [0.1, 0.15) is 27.2 Å². The Labute approximate surface area is 153 Å². The second kappa shape index (κ2) is 7.62. The monoisotopic (exact) mass is 352 g/mol. The van der Waals surface area contributed by atoms with Crippen LogP contribution in [0.4, 0.5) is 0 Å². The molecular weight excluding hydrogens is 328 g/mol. The molecule has 5 nitrogen and oxygen atoms in total. The Hall–Kier alpha value is -2.79. The number of nitrogens with one attached hydrogen (secondary N) is 1. The van der Waals surface area contributed by atoms with Gasteiger partial charge in [0, 0.05) is 24.0 Å². The standard InChI is InChI=1S/C21H24N2O3/c1-14-18-11-17(25-4)9-10-19(18)26-20(14)21(24)22-12-15-7-5-6-8-16(15)13-23(2)3/h5-11H,12-13H2,1-4H3,(H,22,24). The number of furan rings is 1. The Morgan fingerprint density at radius 3 is 2.58 bits per heavy atom. The predicted molar refractivity (Wildman–Crippen MR) is 103 cm³/mol. The van der Waals surface area contributed by atoms with Crippen molar-refractivity contribution in [3.8, 4) is 5.75 Å². The smallest absolute Gasteiger partial charge is 0.287 e. The topological polar surface area (TPSA) is 54.7 Å². The molecule has 1 heterocycles. The summed E-state index contributed by atoms with van der Waals surface area (Å²) in [5.41, 5.74) is 3.80. The molecule has 0 aliphatic carbocycles. The van der Waals surface area contributed by atoms with Gasteiger partial charge in [-0.1, -0.05) is 24.3 Å². The molecule has 5 heteroatoms. The fourth-order valence-electron chi connectivity index (χ4n) is 3.02. The lowest BCUT2D eigenvalue weighted by Crippen LogP contribution is -2.24. The number of methoxy groups -OCH3 is 1. The summed E-state index contributed by atoms with van der Waals surface area (Å²) in [5, 5.41) is 3.87. The summed E-state index contributed by atoms with van der Waals surface area (Å²) in [6.45, 7) is 3.18. The van der Waals surface area contributed by atoms with Crippen molar-refractivity contribution in [1.29, 1.82) is 0 Å². The third kappa shape index (κ3) is 3.73. The molecule has 1 aromatic heterocycles. The lowest BCUT2D eigenvalue weighted by atomic mass is 10.1. The summed E-state index contributed by atoms with van der Waals surface area (Å²) >= 11 is 0. The first-order chi connectivity index (χ1) is 12.5. The highest BCUT2D eigenvalue weighted by molar-refractivity contribution is 5.99. The number of hydrogen-bond donors (Lipinski definition) is 1. The maximum Gasteiger partial charge on any atom is 0.287 e. The number of hydrogen-bond acceptors (Lipinski definition) is 4. The molecule has 0 atom stereocenters. The molecule has 136 valence electrons. The number of carbonyl (C=O) groups is 1. The fraction of sp³-hybridized carbons (Fsp3) is 0.286. The van der Waals surface area contributed by atoms with E-state index < -0.39 is 0 Å². The second-order valence-corrected chi connectivity index (χ2v) is 6.61. The summed E-state index contributed by atoms with van der Waals surface area (Å²) in [5.74, 6) is 0.877. The van der Waals surface area contributed by atoms with Gasteiger partial charge >= 0.3 is 0 Å². The summed E-state index contributed by atoms with van der Waals surface area (Å²) in [7, 11) is 5.68. The summed E-state index contributed by atoms with van der Waals surface area (Å²) in [6.07, 6.45) is 0. The van der Waals surface area contributed by atoms with E-state index in [0.717, 1.165) is 28.8 Å². The third-order valence-corrected chi connectivity index (χ3v) is 4.39. The van der Waals surface area contributed by atoms with Crippen LogP contribution in [0, 0.1) is 6.92 Å². The van der Waals surface area contributed by atoms with Crippen molar-refractivity contribution < 1.29 is 13.9 Å². The number of fused-ring (bicyclic) bond motifs is 1. The minimum atomic E-state index is -0.211. The van der Waals surface area contributed by atoms with Crippen molar-refractivity contribution in [2.75, 3.05) is 21.2 Å². The van der Waals surface area contributed by atoms with E-state index in [2.05, 4.69) is 16.3 Å². The van der Waals surface area contributed by atoms with Gasteiger partial charge in [0.25, 0.3) is 5.91 Å². The summed E-state index contributed by atoms with van der Waals surface area (Å²) in [6, 6.07) is 13.7. The van der Waals surface area contributed by atoms with Crippen LogP contribution in [-0.2, 0) is 13.1 Å². The minimum absolute atomic E-state index is 0.211. The molecular formula is C21H24N2O3. The van der Waals surface area contributed by atoms with Gasteiger partial charge in [0.15, 0.2) is 5.76 Å². The van der Waals surface area contributed by atoms with Crippen molar-refractivity contribution in [2.24, 2.45) is 0 Å². The van der Waals surface area contributed by atoms with E-state index in [1.54, 1.807) is 7.11 Å². The van der Waals surface area contributed by atoms with Crippen molar-refractivity contribution >= 4 is 16.9 Å². The molecule has 0 aliphatic rings. The highest BCUT2D eigenvalue weighted by atomic mass is 16.5. The Kier molecular flexibility index (Phi) is 5.28. The number of ether oxygens (including phenoxy) is 1. The van der Waals surface area contributed by atoms with Crippen LogP contribution in [0.15, 0.2) is 46.9 Å². The van der Waals surface area contributed by atoms with Gasteiger partial charge in [-0.15, -0.1) is 0 Å². The molecule has 3 aromatic rings. The normalized spacial score (nSPS) is 11.1. The van der Waals surface area contributed by atoms with Crippen molar-refractivity contribution in [3.05, 3.63) is 64.9 Å². The first-order valence-electron chi connectivity index (χ1n) is 8.56. The van der Waals surface area contributed by atoms with E-state index in [4.69, 9.17) is 9.15 Å². The fourth-order valence-corrected chi connectivity index (χ4v) is 3.02. The van der Waals surface area contributed by atoms with E-state index in [-0.39, 0.29) is 5.91 Å². The van der Waals surface area contributed by atoms with Crippen LogP contribution in [0.3, 0.4) is 0 Å². The Morgan fingerprint density at radius 2 is 1.88 bits per heavy atom. The van der Waals surface area contributed by atoms with Gasteiger partial charge in [-0.25, -0.2) is 0 Å². The van der Waals surface area contributed by atoms with Crippen LogP contribution in [0.2, 0.25) is 0 Å². The molecule has 0 saturated heterocycles. The summed E-state index contributed by atoms with van der Waals surface area (Å²) in [4.78, 5) is 14.8. The van der Waals surface area contributed by atoms with Crippen LogP contribution in [0.5, 0.6) is 5.75 Å². The molecule has 0 fully saturated rings. The van der Waals surface area contributed by atoms with Gasteiger partial charge in [0.1, 0.15) is 11.3 Å². The van der Waals surface area contributed by atoms with Gasteiger partial charge in [-0.3, -0.25) is 4.79 Å². The number of amides is 1.